The molecule has 25 heavy (non-hydrogen) atoms. The van der Waals surface area contributed by atoms with E-state index in [-0.39, 0.29) is 23.9 Å². The van der Waals surface area contributed by atoms with E-state index in [4.69, 9.17) is 0 Å². The number of carbonyl (C=O) groups is 2. The minimum Gasteiger partial charge on any atom is -0.326 e. The monoisotopic (exact) mass is 354 g/mol. The first-order valence-electron chi connectivity index (χ1n) is 7.63. The number of amides is 1. The number of rotatable bonds is 5. The Labute approximate surface area is 148 Å². The van der Waals surface area contributed by atoms with E-state index >= 15 is 0 Å². The molecule has 0 atom stereocenters. The quantitative estimate of drug-likeness (QED) is 0.694. The first kappa shape index (κ1) is 17.0. The molecule has 0 aliphatic carbocycles. The molecule has 6 heteroatoms. The topological polar surface area (TPSA) is 59.1 Å². The standard InChI is InChI=1S/C19H15FN2O2S/c1-12(23)13-5-4-6-14(9-13)21-18(24)10-15-11-25-19(22-15)16-7-2-3-8-17(16)20/h2-9,11H,10H2,1H3,(H,21,24). The number of carbonyl (C=O) groups excluding carboxylic acids is 2. The van der Waals surface area contributed by atoms with Crippen molar-refractivity contribution in [2.75, 3.05) is 5.32 Å². The van der Waals surface area contributed by atoms with Crippen LogP contribution in [0, 0.1) is 5.82 Å². The van der Waals surface area contributed by atoms with Gasteiger partial charge in [-0.1, -0.05) is 24.3 Å². The normalized spacial score (nSPS) is 10.5. The zero-order valence-electron chi connectivity index (χ0n) is 13.5. The van der Waals surface area contributed by atoms with Gasteiger partial charge in [-0.05, 0) is 31.2 Å². The van der Waals surface area contributed by atoms with Crippen LogP contribution in [-0.4, -0.2) is 16.7 Å². The number of benzene rings is 2. The number of Topliss-reactive ketones (excluding diaryl/α,β-unsaturated/α-hetero) is 1. The molecule has 4 nitrogen and oxygen atoms in total. The Morgan fingerprint density at radius 3 is 2.72 bits per heavy atom. The maximum absolute atomic E-state index is 13.8. The molecule has 0 bridgehead atoms. The molecular weight excluding hydrogens is 339 g/mol. The van der Waals surface area contributed by atoms with Crippen LogP contribution in [0.2, 0.25) is 0 Å². The smallest absolute Gasteiger partial charge is 0.230 e. The highest BCUT2D eigenvalue weighted by atomic mass is 32.1. The van der Waals surface area contributed by atoms with E-state index in [9.17, 15) is 14.0 Å². The van der Waals surface area contributed by atoms with Gasteiger partial charge in [0.05, 0.1) is 12.1 Å². The largest absolute Gasteiger partial charge is 0.326 e. The SMILES string of the molecule is CC(=O)c1cccc(NC(=O)Cc2csc(-c3ccccc3F)n2)c1. The Kier molecular flexibility index (Phi) is 5.00. The molecule has 0 saturated carbocycles. The van der Waals surface area contributed by atoms with Gasteiger partial charge in [0.1, 0.15) is 10.8 Å². The molecule has 0 spiro atoms. The first-order chi connectivity index (χ1) is 12.0. The average molecular weight is 354 g/mol. The average Bonchev–Trinajstić information content (AvgIpc) is 3.03. The number of ketones is 1. The zero-order chi connectivity index (χ0) is 17.8. The van der Waals surface area contributed by atoms with Crippen molar-refractivity contribution in [2.24, 2.45) is 0 Å². The molecule has 0 unspecified atom stereocenters. The minimum absolute atomic E-state index is 0.0647. The van der Waals surface area contributed by atoms with Crippen LogP contribution in [0.3, 0.4) is 0 Å². The predicted octanol–water partition coefficient (Wildman–Crippen LogP) is 4.33. The third-order valence-corrected chi connectivity index (χ3v) is 4.47. The molecule has 3 aromatic rings. The molecule has 0 saturated heterocycles. The van der Waals surface area contributed by atoms with Crippen molar-refractivity contribution >= 4 is 28.7 Å². The Morgan fingerprint density at radius 2 is 1.96 bits per heavy atom. The zero-order valence-corrected chi connectivity index (χ0v) is 14.3. The van der Waals surface area contributed by atoms with E-state index in [2.05, 4.69) is 10.3 Å². The summed E-state index contributed by atoms with van der Waals surface area (Å²) < 4.78 is 13.8. The fourth-order valence-electron chi connectivity index (χ4n) is 2.33. The van der Waals surface area contributed by atoms with E-state index in [1.165, 1.54) is 24.3 Å². The highest BCUT2D eigenvalue weighted by Gasteiger charge is 2.12. The Hall–Kier alpha value is -2.86. The van der Waals surface area contributed by atoms with Gasteiger partial charge in [0.2, 0.25) is 5.91 Å². The van der Waals surface area contributed by atoms with E-state index in [1.54, 1.807) is 47.8 Å². The lowest BCUT2D eigenvalue weighted by atomic mass is 10.1. The molecule has 3 rings (SSSR count). The van der Waals surface area contributed by atoms with Crippen molar-refractivity contribution in [1.29, 1.82) is 0 Å². The summed E-state index contributed by atoms with van der Waals surface area (Å²) in [5, 5.41) is 5.03. The van der Waals surface area contributed by atoms with Gasteiger partial charge in [-0.15, -0.1) is 11.3 Å². The van der Waals surface area contributed by atoms with Gasteiger partial charge in [0, 0.05) is 22.2 Å². The van der Waals surface area contributed by atoms with E-state index in [0.29, 0.717) is 27.5 Å². The van der Waals surface area contributed by atoms with Gasteiger partial charge in [0.15, 0.2) is 5.78 Å². The van der Waals surface area contributed by atoms with Crippen LogP contribution in [0.25, 0.3) is 10.6 Å². The summed E-state index contributed by atoms with van der Waals surface area (Å²) in [6, 6.07) is 13.2. The van der Waals surface area contributed by atoms with Gasteiger partial charge in [-0.3, -0.25) is 9.59 Å². The van der Waals surface area contributed by atoms with E-state index < -0.39 is 0 Å². The van der Waals surface area contributed by atoms with Crippen molar-refractivity contribution in [3.63, 3.8) is 0 Å². The Balaban J connectivity index is 1.69. The molecule has 0 aliphatic rings. The fourth-order valence-corrected chi connectivity index (χ4v) is 3.18. The van der Waals surface area contributed by atoms with Crippen LogP contribution in [0.5, 0.6) is 0 Å². The van der Waals surface area contributed by atoms with Crippen LogP contribution in [-0.2, 0) is 11.2 Å². The van der Waals surface area contributed by atoms with E-state index in [1.807, 2.05) is 0 Å². The van der Waals surface area contributed by atoms with Gasteiger partial charge < -0.3 is 5.32 Å². The number of hydrogen-bond donors (Lipinski definition) is 1. The first-order valence-corrected chi connectivity index (χ1v) is 8.51. The van der Waals surface area contributed by atoms with Gasteiger partial charge in [0.25, 0.3) is 0 Å². The highest BCUT2D eigenvalue weighted by Crippen LogP contribution is 2.26. The Bertz CT molecular complexity index is 936. The number of nitrogens with one attached hydrogen (secondary N) is 1. The molecule has 0 fully saturated rings. The molecule has 0 radical (unpaired) electrons. The van der Waals surface area contributed by atoms with Crippen LogP contribution in [0.15, 0.2) is 53.9 Å². The lowest BCUT2D eigenvalue weighted by Gasteiger charge is -2.05. The maximum atomic E-state index is 13.8. The van der Waals surface area contributed by atoms with E-state index in [0.717, 1.165) is 0 Å². The number of halogens is 1. The number of anilines is 1. The molecule has 1 amide bonds. The third-order valence-electron chi connectivity index (χ3n) is 3.55. The number of thiazole rings is 1. The summed E-state index contributed by atoms with van der Waals surface area (Å²) >= 11 is 1.30. The highest BCUT2D eigenvalue weighted by molar-refractivity contribution is 7.13. The lowest BCUT2D eigenvalue weighted by Crippen LogP contribution is -2.14. The molecule has 2 aromatic carbocycles. The van der Waals surface area contributed by atoms with Gasteiger partial charge in [-0.2, -0.15) is 0 Å². The number of aromatic nitrogens is 1. The Morgan fingerprint density at radius 1 is 1.16 bits per heavy atom. The van der Waals surface area contributed by atoms with Crippen molar-refractivity contribution in [3.05, 3.63) is 71.0 Å². The lowest BCUT2D eigenvalue weighted by molar-refractivity contribution is -0.115. The van der Waals surface area contributed by atoms with Crippen LogP contribution < -0.4 is 5.32 Å². The maximum Gasteiger partial charge on any atom is 0.230 e. The van der Waals surface area contributed by atoms with Gasteiger partial charge in [-0.25, -0.2) is 9.37 Å². The second-order valence-electron chi connectivity index (χ2n) is 5.49. The molecule has 126 valence electrons. The summed E-state index contributed by atoms with van der Waals surface area (Å²) in [5.41, 5.74) is 2.09. The summed E-state index contributed by atoms with van der Waals surface area (Å²) in [5.74, 6) is -0.648. The van der Waals surface area contributed by atoms with Crippen molar-refractivity contribution < 1.29 is 14.0 Å². The summed E-state index contributed by atoms with van der Waals surface area (Å²) in [4.78, 5) is 27.9. The summed E-state index contributed by atoms with van der Waals surface area (Å²) in [7, 11) is 0. The molecule has 1 heterocycles. The molecule has 0 aliphatic heterocycles. The minimum atomic E-state index is -0.339. The third kappa shape index (κ3) is 4.16. The fraction of sp³-hybridized carbons (Fsp3) is 0.105. The second kappa shape index (κ2) is 7.36. The summed E-state index contributed by atoms with van der Waals surface area (Å²) in [6.45, 7) is 1.47. The number of hydrogen-bond acceptors (Lipinski definition) is 4. The molecule has 1 aromatic heterocycles. The second-order valence-corrected chi connectivity index (χ2v) is 6.34. The molecule has 1 N–H and O–H groups in total. The van der Waals surface area contributed by atoms with Crippen molar-refractivity contribution in [1.82, 2.24) is 4.98 Å². The van der Waals surface area contributed by atoms with Crippen LogP contribution >= 0.6 is 11.3 Å². The summed E-state index contributed by atoms with van der Waals surface area (Å²) in [6.07, 6.45) is 0.0786. The van der Waals surface area contributed by atoms with Crippen molar-refractivity contribution in [2.45, 2.75) is 13.3 Å². The van der Waals surface area contributed by atoms with Crippen LogP contribution in [0.4, 0.5) is 10.1 Å². The van der Waals surface area contributed by atoms with Gasteiger partial charge >= 0.3 is 0 Å². The molecular formula is C19H15FN2O2S. The van der Waals surface area contributed by atoms with Crippen LogP contribution in [0.1, 0.15) is 23.0 Å². The van der Waals surface area contributed by atoms with Crippen molar-refractivity contribution in [3.8, 4) is 10.6 Å². The predicted molar refractivity (Wildman–Crippen MR) is 96.3 cm³/mol. The number of nitrogens with zero attached hydrogens (tertiary/aromatic N) is 1.